The number of halogens is 3. The summed E-state index contributed by atoms with van der Waals surface area (Å²) in [4.78, 5) is 14.6. The molecule has 0 aromatic heterocycles. The molecule has 2 unspecified atom stereocenters. The van der Waals surface area contributed by atoms with Gasteiger partial charge in [0.25, 0.3) is 0 Å². The Morgan fingerprint density at radius 3 is 2.77 bits per heavy atom. The predicted octanol–water partition coefficient (Wildman–Crippen LogP) is 2.88. The van der Waals surface area contributed by atoms with Gasteiger partial charge in [0.15, 0.2) is 5.54 Å². The molecule has 0 amide bonds. The van der Waals surface area contributed by atoms with Gasteiger partial charge in [-0.1, -0.05) is 6.07 Å². The first-order chi connectivity index (χ1) is 12.2. The first kappa shape index (κ1) is 18.2. The van der Waals surface area contributed by atoms with Gasteiger partial charge >= 0.3 is 12.3 Å². The SMILES string of the molecule is CNc1ccc(C2(C(=O)OC)CCC3=CNC(C)N32)c(OC(F)(F)F)c1. The van der Waals surface area contributed by atoms with Crippen LogP contribution in [0.3, 0.4) is 0 Å². The first-order valence-corrected chi connectivity index (χ1v) is 8.14. The Hall–Kier alpha value is -2.58. The van der Waals surface area contributed by atoms with Crippen molar-refractivity contribution in [3.8, 4) is 5.75 Å². The fraction of sp³-hybridized carbons (Fsp3) is 0.471. The molecule has 2 aliphatic heterocycles. The molecule has 3 rings (SSSR count). The van der Waals surface area contributed by atoms with E-state index in [-0.39, 0.29) is 11.7 Å². The number of alkyl halides is 3. The van der Waals surface area contributed by atoms with Gasteiger partial charge in [-0.05, 0) is 25.8 Å². The van der Waals surface area contributed by atoms with Gasteiger partial charge in [-0.15, -0.1) is 13.2 Å². The summed E-state index contributed by atoms with van der Waals surface area (Å²) in [7, 11) is 2.82. The van der Waals surface area contributed by atoms with Crippen molar-refractivity contribution in [3.63, 3.8) is 0 Å². The molecule has 2 N–H and O–H groups in total. The minimum Gasteiger partial charge on any atom is -0.467 e. The molecule has 0 spiro atoms. The summed E-state index contributed by atoms with van der Waals surface area (Å²) in [5.74, 6) is -1.05. The molecule has 1 aromatic rings. The topological polar surface area (TPSA) is 62.8 Å². The zero-order valence-corrected chi connectivity index (χ0v) is 14.6. The summed E-state index contributed by atoms with van der Waals surface area (Å²) < 4.78 is 48.3. The Morgan fingerprint density at radius 1 is 1.42 bits per heavy atom. The third-order valence-corrected chi connectivity index (χ3v) is 4.81. The van der Waals surface area contributed by atoms with Crippen molar-refractivity contribution in [1.82, 2.24) is 10.2 Å². The van der Waals surface area contributed by atoms with E-state index in [1.54, 1.807) is 24.2 Å². The van der Waals surface area contributed by atoms with Crippen LogP contribution in [-0.2, 0) is 15.1 Å². The number of anilines is 1. The monoisotopic (exact) mass is 371 g/mol. The second kappa shape index (κ2) is 6.30. The van der Waals surface area contributed by atoms with E-state index in [1.807, 2.05) is 6.92 Å². The van der Waals surface area contributed by atoms with Gasteiger partial charge in [0.05, 0.1) is 13.3 Å². The summed E-state index contributed by atoms with van der Waals surface area (Å²) >= 11 is 0. The number of hydrogen-bond donors (Lipinski definition) is 2. The number of benzene rings is 1. The third-order valence-electron chi connectivity index (χ3n) is 4.81. The molecule has 142 valence electrons. The van der Waals surface area contributed by atoms with Crippen LogP contribution in [0.2, 0.25) is 0 Å². The van der Waals surface area contributed by atoms with Gasteiger partial charge in [0.2, 0.25) is 0 Å². The normalized spacial score (nSPS) is 24.6. The van der Waals surface area contributed by atoms with Gasteiger partial charge in [0.1, 0.15) is 5.75 Å². The van der Waals surface area contributed by atoms with E-state index in [9.17, 15) is 18.0 Å². The van der Waals surface area contributed by atoms with Crippen molar-refractivity contribution < 1.29 is 27.4 Å². The number of carbonyl (C=O) groups excluding carboxylic acids is 1. The highest BCUT2D eigenvalue weighted by atomic mass is 19.4. The highest BCUT2D eigenvalue weighted by Gasteiger charge is 2.56. The van der Waals surface area contributed by atoms with Crippen molar-refractivity contribution >= 4 is 11.7 Å². The molecule has 9 heteroatoms. The number of esters is 1. The van der Waals surface area contributed by atoms with E-state index in [0.29, 0.717) is 18.5 Å². The second-order valence-electron chi connectivity index (χ2n) is 6.21. The number of hydrogen-bond acceptors (Lipinski definition) is 6. The summed E-state index contributed by atoms with van der Waals surface area (Å²) in [6.45, 7) is 1.83. The second-order valence-corrected chi connectivity index (χ2v) is 6.21. The highest BCUT2D eigenvalue weighted by Crippen LogP contribution is 2.51. The van der Waals surface area contributed by atoms with Crippen molar-refractivity contribution in [1.29, 1.82) is 0 Å². The van der Waals surface area contributed by atoms with Crippen LogP contribution >= 0.6 is 0 Å². The fourth-order valence-electron chi connectivity index (χ4n) is 3.78. The van der Waals surface area contributed by atoms with E-state index in [4.69, 9.17) is 4.74 Å². The predicted molar refractivity (Wildman–Crippen MR) is 88.1 cm³/mol. The quantitative estimate of drug-likeness (QED) is 0.794. The number of allylic oxidation sites excluding steroid dienone is 1. The molecule has 0 radical (unpaired) electrons. The minimum absolute atomic E-state index is 0.125. The van der Waals surface area contributed by atoms with Crippen LogP contribution in [0.1, 0.15) is 25.3 Å². The zero-order chi connectivity index (χ0) is 19.1. The lowest BCUT2D eigenvalue weighted by Crippen LogP contribution is -2.52. The maximum absolute atomic E-state index is 13.0. The van der Waals surface area contributed by atoms with Gasteiger partial charge in [-0.2, -0.15) is 0 Å². The number of carbonyl (C=O) groups is 1. The molecule has 0 bridgehead atoms. The molecule has 26 heavy (non-hydrogen) atoms. The highest BCUT2D eigenvalue weighted by molar-refractivity contribution is 5.85. The lowest BCUT2D eigenvalue weighted by atomic mass is 9.85. The number of ether oxygens (including phenoxy) is 2. The molecule has 2 heterocycles. The summed E-state index contributed by atoms with van der Waals surface area (Å²) in [5.41, 5.74) is 0.0173. The molecular weight excluding hydrogens is 351 g/mol. The number of methoxy groups -OCH3 is 1. The summed E-state index contributed by atoms with van der Waals surface area (Å²) in [6.07, 6.45) is -2.54. The Morgan fingerprint density at radius 2 is 2.15 bits per heavy atom. The van der Waals surface area contributed by atoms with Crippen LogP contribution < -0.4 is 15.4 Å². The van der Waals surface area contributed by atoms with E-state index in [0.717, 1.165) is 5.70 Å². The Labute approximate surface area is 148 Å². The smallest absolute Gasteiger partial charge is 0.467 e. The number of rotatable bonds is 4. The maximum Gasteiger partial charge on any atom is 0.573 e. The largest absolute Gasteiger partial charge is 0.573 e. The van der Waals surface area contributed by atoms with E-state index in [2.05, 4.69) is 15.4 Å². The molecule has 2 aliphatic rings. The average molecular weight is 371 g/mol. The van der Waals surface area contributed by atoms with E-state index in [1.165, 1.54) is 19.2 Å². The van der Waals surface area contributed by atoms with Gasteiger partial charge < -0.3 is 25.0 Å². The Kier molecular flexibility index (Phi) is 4.41. The molecule has 0 saturated carbocycles. The Bertz CT molecular complexity index is 751. The molecule has 1 aromatic carbocycles. The van der Waals surface area contributed by atoms with Crippen LogP contribution in [0.5, 0.6) is 5.75 Å². The molecule has 6 nitrogen and oxygen atoms in total. The summed E-state index contributed by atoms with van der Waals surface area (Å²) in [6, 6.07) is 4.33. The summed E-state index contributed by atoms with van der Waals surface area (Å²) in [5, 5.41) is 5.88. The number of fused-ring (bicyclic) bond motifs is 1. The average Bonchev–Trinajstić information content (AvgIpc) is 3.14. The third kappa shape index (κ3) is 2.81. The van der Waals surface area contributed by atoms with Crippen molar-refractivity contribution in [2.24, 2.45) is 0 Å². The molecule has 2 atom stereocenters. The lowest BCUT2D eigenvalue weighted by Gasteiger charge is -2.39. The standard InChI is InChI=1S/C17H20F3N3O3/c1-10-22-9-12-6-7-16(23(10)12,15(24)25-3)13-5-4-11(21-2)8-14(13)26-17(18,19)20/h4-5,8-10,21-22H,6-7H2,1-3H3. The van der Waals surface area contributed by atoms with Crippen LogP contribution in [0.25, 0.3) is 0 Å². The van der Waals surface area contributed by atoms with Crippen LogP contribution in [-0.4, -0.2) is 37.6 Å². The number of nitrogens with zero attached hydrogens (tertiary/aromatic N) is 1. The number of nitrogens with one attached hydrogen (secondary N) is 2. The first-order valence-electron chi connectivity index (χ1n) is 8.14. The molecule has 1 fully saturated rings. The van der Waals surface area contributed by atoms with Crippen molar-refractivity contribution in [2.75, 3.05) is 19.5 Å². The maximum atomic E-state index is 13.0. The van der Waals surface area contributed by atoms with Gasteiger partial charge in [0, 0.05) is 36.3 Å². The molecular formula is C17H20F3N3O3. The van der Waals surface area contributed by atoms with Crippen LogP contribution in [0, 0.1) is 0 Å². The fourth-order valence-corrected chi connectivity index (χ4v) is 3.78. The lowest BCUT2D eigenvalue weighted by molar-refractivity contribution is -0.275. The Balaban J connectivity index is 2.20. The van der Waals surface area contributed by atoms with Gasteiger partial charge in [-0.3, -0.25) is 0 Å². The van der Waals surface area contributed by atoms with Gasteiger partial charge in [-0.25, -0.2) is 4.79 Å². The van der Waals surface area contributed by atoms with Crippen LogP contribution in [0.4, 0.5) is 18.9 Å². The van der Waals surface area contributed by atoms with E-state index >= 15 is 0 Å². The van der Waals surface area contributed by atoms with Crippen molar-refractivity contribution in [2.45, 2.75) is 37.8 Å². The van der Waals surface area contributed by atoms with Crippen LogP contribution in [0.15, 0.2) is 30.1 Å². The zero-order valence-electron chi connectivity index (χ0n) is 14.6. The van der Waals surface area contributed by atoms with Crippen molar-refractivity contribution in [3.05, 3.63) is 35.7 Å². The minimum atomic E-state index is -4.88. The molecule has 0 aliphatic carbocycles. The van der Waals surface area contributed by atoms with E-state index < -0.39 is 23.6 Å². The molecule has 1 saturated heterocycles.